The lowest BCUT2D eigenvalue weighted by Crippen LogP contribution is -2.60. The van der Waals surface area contributed by atoms with Gasteiger partial charge in [0.05, 0.1) is 35.1 Å². The highest BCUT2D eigenvalue weighted by molar-refractivity contribution is 5.94. The molecule has 398 valence electrons. The van der Waals surface area contributed by atoms with Crippen molar-refractivity contribution in [3.05, 3.63) is 60.2 Å². The van der Waals surface area contributed by atoms with Crippen molar-refractivity contribution in [3.8, 4) is 0 Å². The maximum Gasteiger partial charge on any atom is 0.416 e. The van der Waals surface area contributed by atoms with E-state index in [9.17, 15) is 41.9 Å². The Hall–Kier alpha value is -5.96. The van der Waals surface area contributed by atoms with Crippen LogP contribution in [0.4, 0.5) is 19.0 Å². The zero-order valence-corrected chi connectivity index (χ0v) is 42.4. The Labute approximate surface area is 424 Å². The Balaban J connectivity index is 0.772. The molecule has 2 aromatic heterocycles. The first-order valence-corrected chi connectivity index (χ1v) is 25.9. The van der Waals surface area contributed by atoms with Crippen LogP contribution in [0.1, 0.15) is 128 Å². The lowest BCUT2D eigenvalue weighted by Gasteiger charge is -2.43. The van der Waals surface area contributed by atoms with Gasteiger partial charge in [-0.3, -0.25) is 33.8 Å². The summed E-state index contributed by atoms with van der Waals surface area (Å²) in [4.78, 5) is 94.5. The minimum Gasteiger partial charge on any atom is -0.381 e. The number of hydrogen-bond acceptors (Lipinski definition) is 12. The van der Waals surface area contributed by atoms with Crippen LogP contribution >= 0.6 is 0 Å². The number of pyridine rings is 1. The standard InChI is InChI=1S/C52H72F3N11O7/c1-51(2,3)64-36-17-19-42(66-24-20-40(50(66)72)62-47-37-27-34(52(53,54)55)14-18-39(37)59-31-60-47)41(28-36)63-48(70)32-12-15-35(16-13-32)61-44(68)11-5-10-43(67)57-22-7-25-73-26-8-23-58-49(71)38-29-45(69)65(4)46(38)33-9-6-21-56-30-33/h6,9,14,18,21,27,30-32,35-36,38,40-42,46,64H,5,7-8,10-13,15-17,19-20,22-26,28-29H2,1-4H3,(H,57,67)(H,58,71)(H,61,68)(H,63,70)(H,59,60,62)/t32?,35?,36-,38+,40+,41-,42+,46-/m1/s1. The summed E-state index contributed by atoms with van der Waals surface area (Å²) in [7, 11) is 1.70. The number of carbonyl (C=O) groups excluding carboxylic acids is 6. The molecule has 18 nitrogen and oxygen atoms in total. The predicted octanol–water partition coefficient (Wildman–Crippen LogP) is 4.94. The van der Waals surface area contributed by atoms with Crippen LogP contribution in [0.5, 0.6) is 0 Å². The molecule has 0 radical (unpaired) electrons. The molecule has 0 bridgehead atoms. The average molecular weight is 1020 g/mol. The number of likely N-dealkylation sites (tertiary alicyclic amines) is 2. The second-order valence-corrected chi connectivity index (χ2v) is 21.0. The molecule has 6 N–H and O–H groups in total. The van der Waals surface area contributed by atoms with Crippen molar-refractivity contribution in [2.45, 2.75) is 159 Å². The average Bonchev–Trinajstić information content (AvgIpc) is 3.86. The number of rotatable bonds is 21. The summed E-state index contributed by atoms with van der Waals surface area (Å²) >= 11 is 0. The molecule has 2 aliphatic heterocycles. The van der Waals surface area contributed by atoms with E-state index in [1.54, 1.807) is 30.4 Å². The molecule has 0 spiro atoms. The topological polar surface area (TPSA) is 229 Å². The summed E-state index contributed by atoms with van der Waals surface area (Å²) in [5.74, 6) is -1.38. The van der Waals surface area contributed by atoms with Crippen LogP contribution in [-0.4, -0.2) is 136 Å². The van der Waals surface area contributed by atoms with Crippen molar-refractivity contribution < 1.29 is 46.7 Å². The number of halogens is 3. The van der Waals surface area contributed by atoms with Crippen molar-refractivity contribution in [2.24, 2.45) is 11.8 Å². The smallest absolute Gasteiger partial charge is 0.381 e. The number of carbonyl (C=O) groups is 6. The largest absolute Gasteiger partial charge is 0.416 e. The van der Waals surface area contributed by atoms with Crippen molar-refractivity contribution in [1.82, 2.24) is 51.3 Å². The molecule has 6 atom stereocenters. The van der Waals surface area contributed by atoms with Crippen molar-refractivity contribution in [2.75, 3.05) is 45.2 Å². The van der Waals surface area contributed by atoms with Crippen LogP contribution in [0.15, 0.2) is 49.1 Å². The van der Waals surface area contributed by atoms with Crippen LogP contribution in [0, 0.1) is 11.8 Å². The number of hydrogen-bond donors (Lipinski definition) is 6. The first kappa shape index (κ1) is 54.8. The lowest BCUT2D eigenvalue weighted by atomic mass is 9.82. The Morgan fingerprint density at radius 3 is 2.26 bits per heavy atom. The number of amides is 6. The zero-order valence-electron chi connectivity index (χ0n) is 42.4. The fourth-order valence-electron chi connectivity index (χ4n) is 10.8. The van der Waals surface area contributed by atoms with E-state index < -0.39 is 23.7 Å². The van der Waals surface area contributed by atoms with Crippen LogP contribution in [0.3, 0.4) is 0 Å². The summed E-state index contributed by atoms with van der Waals surface area (Å²) in [6, 6.07) is 5.29. The third kappa shape index (κ3) is 15.1. The van der Waals surface area contributed by atoms with Gasteiger partial charge in [0.25, 0.3) is 0 Å². The first-order chi connectivity index (χ1) is 34.8. The van der Waals surface area contributed by atoms with Gasteiger partial charge in [-0.1, -0.05) is 6.07 Å². The molecular formula is C52H72F3N11O7. The molecule has 7 rings (SSSR count). The SMILES string of the molecule is CN1C(=O)C[C@H](C(=O)NCCCOCCCNC(=O)CCCC(=O)NC2CCC(C(=O)N[C@@H]3C[C@H](NC(C)(C)C)CC[C@@H]3N3CC[C@H](Nc4ncnc5ccc(C(F)(F)F)cc45)C3=O)CC2)[C@H]1c1cccnc1. The number of fused-ring (bicyclic) bond motifs is 1. The van der Waals surface area contributed by atoms with Gasteiger partial charge in [-0.25, -0.2) is 9.97 Å². The van der Waals surface area contributed by atoms with E-state index in [4.69, 9.17) is 4.74 Å². The fraction of sp³-hybridized carbons (Fsp3) is 0.635. The normalized spacial score (nSPS) is 24.6. The molecule has 73 heavy (non-hydrogen) atoms. The molecule has 21 heteroatoms. The maximum atomic E-state index is 14.1. The van der Waals surface area contributed by atoms with Gasteiger partial charge >= 0.3 is 6.18 Å². The number of aromatic nitrogens is 3. The van der Waals surface area contributed by atoms with Crippen LogP contribution in [0.2, 0.25) is 0 Å². The highest BCUT2D eigenvalue weighted by Gasteiger charge is 2.45. The number of ether oxygens (including phenoxy) is 1. The molecular weight excluding hydrogens is 948 g/mol. The van der Waals surface area contributed by atoms with Gasteiger partial charge in [-0.05, 0) is 121 Å². The monoisotopic (exact) mass is 1020 g/mol. The van der Waals surface area contributed by atoms with E-state index in [1.165, 1.54) is 12.4 Å². The van der Waals surface area contributed by atoms with Gasteiger partial charge in [-0.2, -0.15) is 13.2 Å². The van der Waals surface area contributed by atoms with E-state index >= 15 is 0 Å². The van der Waals surface area contributed by atoms with Gasteiger partial charge in [-0.15, -0.1) is 0 Å². The minimum atomic E-state index is -4.56. The van der Waals surface area contributed by atoms with Gasteiger partial charge in [0, 0.05) is 100 Å². The summed E-state index contributed by atoms with van der Waals surface area (Å²) in [6.45, 7) is 8.41. The van der Waals surface area contributed by atoms with Gasteiger partial charge in [0.1, 0.15) is 18.2 Å². The Bertz CT molecular complexity index is 2400. The molecule has 2 aliphatic carbocycles. The third-order valence-corrected chi connectivity index (χ3v) is 14.5. The lowest BCUT2D eigenvalue weighted by molar-refractivity contribution is -0.137. The molecule has 3 aromatic rings. The molecule has 1 aromatic carbocycles. The maximum absolute atomic E-state index is 14.1. The van der Waals surface area contributed by atoms with E-state index in [0.717, 1.165) is 24.1 Å². The van der Waals surface area contributed by atoms with Gasteiger partial charge in [0.15, 0.2) is 0 Å². The second-order valence-electron chi connectivity index (χ2n) is 21.0. The first-order valence-electron chi connectivity index (χ1n) is 25.9. The molecule has 4 aliphatic rings. The minimum absolute atomic E-state index is 0.0760. The Morgan fingerprint density at radius 1 is 0.822 bits per heavy atom. The summed E-state index contributed by atoms with van der Waals surface area (Å²) in [5, 5.41) is 19.2. The van der Waals surface area contributed by atoms with Crippen LogP contribution < -0.4 is 31.9 Å². The van der Waals surface area contributed by atoms with Crippen molar-refractivity contribution in [3.63, 3.8) is 0 Å². The molecule has 2 saturated carbocycles. The highest BCUT2D eigenvalue weighted by atomic mass is 19.4. The number of alkyl halides is 3. The molecule has 4 heterocycles. The highest BCUT2D eigenvalue weighted by Crippen LogP contribution is 2.38. The number of nitrogens with one attached hydrogen (secondary N) is 6. The van der Waals surface area contributed by atoms with E-state index in [2.05, 4.69) is 67.6 Å². The molecule has 0 unspecified atom stereocenters. The van der Waals surface area contributed by atoms with Crippen molar-refractivity contribution >= 4 is 52.2 Å². The number of benzene rings is 1. The fourth-order valence-corrected chi connectivity index (χ4v) is 10.8. The van der Waals surface area contributed by atoms with E-state index in [1.807, 2.05) is 11.0 Å². The molecule has 4 fully saturated rings. The summed E-state index contributed by atoms with van der Waals surface area (Å²) < 4.78 is 46.5. The van der Waals surface area contributed by atoms with Crippen LogP contribution in [-0.2, 0) is 39.7 Å². The van der Waals surface area contributed by atoms with E-state index in [-0.39, 0.29) is 108 Å². The Kier molecular flexibility index (Phi) is 18.7. The summed E-state index contributed by atoms with van der Waals surface area (Å²) in [5.41, 5.74) is 0.152. The number of nitrogens with zero attached hydrogens (tertiary/aromatic N) is 5. The van der Waals surface area contributed by atoms with Crippen molar-refractivity contribution in [1.29, 1.82) is 0 Å². The zero-order chi connectivity index (χ0) is 52.3. The summed E-state index contributed by atoms with van der Waals surface area (Å²) in [6.07, 6.45) is 7.17. The molecule has 6 amide bonds. The third-order valence-electron chi connectivity index (χ3n) is 14.5. The Morgan fingerprint density at radius 2 is 1.55 bits per heavy atom. The predicted molar refractivity (Wildman–Crippen MR) is 266 cm³/mol. The molecule has 2 saturated heterocycles. The quantitative estimate of drug-likeness (QED) is 0.0780. The second kappa shape index (κ2) is 24.8. The number of anilines is 1. The van der Waals surface area contributed by atoms with Gasteiger partial charge < -0.3 is 46.4 Å². The van der Waals surface area contributed by atoms with E-state index in [0.29, 0.717) is 103 Å². The van der Waals surface area contributed by atoms with Gasteiger partial charge in [0.2, 0.25) is 35.4 Å². The van der Waals surface area contributed by atoms with Crippen LogP contribution in [0.25, 0.3) is 10.9 Å².